The van der Waals surface area contributed by atoms with Gasteiger partial charge in [-0.3, -0.25) is 9.78 Å². The third kappa shape index (κ3) is 3.27. The lowest BCUT2D eigenvalue weighted by Gasteiger charge is -2.28. The van der Waals surface area contributed by atoms with Crippen LogP contribution < -0.4 is 5.32 Å². The Bertz CT molecular complexity index is 367. The zero-order valence-corrected chi connectivity index (χ0v) is 10.1. The van der Waals surface area contributed by atoms with Crippen LogP contribution in [0.3, 0.4) is 0 Å². The monoisotopic (exact) mass is 234 g/mol. The molecular formula is C13H18N2O2. The molecule has 1 saturated carbocycles. The highest BCUT2D eigenvalue weighted by atomic mass is 16.5. The lowest BCUT2D eigenvalue weighted by molar-refractivity contribution is 0.0562. The van der Waals surface area contributed by atoms with Gasteiger partial charge in [0.2, 0.25) is 0 Å². The minimum Gasteiger partial charge on any atom is -0.381 e. The molecule has 1 aliphatic carbocycles. The van der Waals surface area contributed by atoms with Gasteiger partial charge in [-0.2, -0.15) is 0 Å². The first-order chi connectivity index (χ1) is 8.29. The molecule has 0 bridgehead atoms. The number of methoxy groups -OCH3 is 1. The van der Waals surface area contributed by atoms with Crippen LogP contribution in [0.25, 0.3) is 0 Å². The van der Waals surface area contributed by atoms with E-state index in [-0.39, 0.29) is 18.1 Å². The Labute approximate surface area is 101 Å². The Morgan fingerprint density at radius 3 is 3.06 bits per heavy atom. The maximum atomic E-state index is 11.9. The van der Waals surface area contributed by atoms with Crippen LogP contribution in [-0.4, -0.2) is 30.1 Å². The van der Waals surface area contributed by atoms with Crippen LogP contribution in [0, 0.1) is 0 Å². The van der Waals surface area contributed by atoms with Crippen molar-refractivity contribution in [2.75, 3.05) is 7.11 Å². The third-order valence-corrected chi connectivity index (χ3v) is 3.19. The molecule has 0 saturated heterocycles. The van der Waals surface area contributed by atoms with Crippen LogP contribution in [0.2, 0.25) is 0 Å². The summed E-state index contributed by atoms with van der Waals surface area (Å²) < 4.78 is 5.34. The van der Waals surface area contributed by atoms with E-state index in [1.54, 1.807) is 25.4 Å². The summed E-state index contributed by atoms with van der Waals surface area (Å²) >= 11 is 0. The first kappa shape index (κ1) is 12.0. The van der Waals surface area contributed by atoms with Gasteiger partial charge < -0.3 is 10.1 Å². The van der Waals surface area contributed by atoms with Crippen LogP contribution in [0.4, 0.5) is 0 Å². The molecule has 1 aromatic heterocycles. The molecule has 0 aliphatic heterocycles. The van der Waals surface area contributed by atoms with Crippen molar-refractivity contribution < 1.29 is 9.53 Å². The van der Waals surface area contributed by atoms with E-state index in [1.807, 2.05) is 6.07 Å². The summed E-state index contributed by atoms with van der Waals surface area (Å²) in [7, 11) is 1.73. The molecule has 1 aliphatic rings. The van der Waals surface area contributed by atoms with Gasteiger partial charge in [0, 0.05) is 19.3 Å². The summed E-state index contributed by atoms with van der Waals surface area (Å²) in [5, 5.41) is 3.02. The van der Waals surface area contributed by atoms with E-state index in [9.17, 15) is 4.79 Å². The second-order valence-corrected chi connectivity index (χ2v) is 4.41. The number of nitrogens with one attached hydrogen (secondary N) is 1. The Kier molecular flexibility index (Phi) is 4.09. The SMILES string of the molecule is CO[C@@H]1CCC[C@H](NC(=O)c2ccccn2)C1. The van der Waals surface area contributed by atoms with Crippen LogP contribution in [0.15, 0.2) is 24.4 Å². The molecule has 0 spiro atoms. The summed E-state index contributed by atoms with van der Waals surface area (Å²) in [4.78, 5) is 15.9. The van der Waals surface area contributed by atoms with E-state index in [2.05, 4.69) is 10.3 Å². The van der Waals surface area contributed by atoms with Gasteiger partial charge in [-0.1, -0.05) is 6.07 Å². The van der Waals surface area contributed by atoms with Crippen LogP contribution in [0.5, 0.6) is 0 Å². The van der Waals surface area contributed by atoms with E-state index in [1.165, 1.54) is 0 Å². The van der Waals surface area contributed by atoms with Gasteiger partial charge in [-0.15, -0.1) is 0 Å². The summed E-state index contributed by atoms with van der Waals surface area (Å²) in [5.74, 6) is -0.0904. The average Bonchev–Trinajstić information content (AvgIpc) is 2.40. The standard InChI is InChI=1S/C13H18N2O2/c1-17-11-6-4-5-10(9-11)15-13(16)12-7-2-3-8-14-12/h2-3,7-8,10-11H,4-6,9H2,1H3,(H,15,16)/t10-,11+/m0/s1. The van der Waals surface area contributed by atoms with Crippen molar-refractivity contribution >= 4 is 5.91 Å². The van der Waals surface area contributed by atoms with Crippen molar-refractivity contribution in [3.63, 3.8) is 0 Å². The molecule has 1 heterocycles. The second kappa shape index (κ2) is 5.77. The van der Waals surface area contributed by atoms with Crippen LogP contribution in [0.1, 0.15) is 36.2 Å². The number of aromatic nitrogens is 1. The fourth-order valence-electron chi connectivity index (χ4n) is 2.25. The van der Waals surface area contributed by atoms with Gasteiger partial charge in [0.05, 0.1) is 6.10 Å². The molecule has 4 heteroatoms. The van der Waals surface area contributed by atoms with Gasteiger partial charge in [0.1, 0.15) is 5.69 Å². The van der Waals surface area contributed by atoms with Crippen LogP contribution >= 0.6 is 0 Å². The average molecular weight is 234 g/mol. The lowest BCUT2D eigenvalue weighted by atomic mass is 9.93. The molecule has 0 aromatic carbocycles. The maximum Gasteiger partial charge on any atom is 0.270 e. The number of hydrogen-bond acceptors (Lipinski definition) is 3. The van der Waals surface area contributed by atoms with E-state index in [0.29, 0.717) is 5.69 Å². The molecule has 1 fully saturated rings. The number of hydrogen-bond donors (Lipinski definition) is 1. The van der Waals surface area contributed by atoms with Gasteiger partial charge in [-0.25, -0.2) is 0 Å². The van der Waals surface area contributed by atoms with Gasteiger partial charge in [-0.05, 0) is 37.8 Å². The molecule has 1 amide bonds. The quantitative estimate of drug-likeness (QED) is 0.867. The summed E-state index contributed by atoms with van der Waals surface area (Å²) in [6.45, 7) is 0. The van der Waals surface area contributed by atoms with Gasteiger partial charge in [0.25, 0.3) is 5.91 Å². The Morgan fingerprint density at radius 1 is 1.47 bits per heavy atom. The molecule has 2 atom stereocenters. The number of rotatable bonds is 3. The number of carbonyl (C=O) groups excluding carboxylic acids is 1. The topological polar surface area (TPSA) is 51.2 Å². The molecule has 1 aromatic rings. The molecule has 4 nitrogen and oxygen atoms in total. The normalized spacial score (nSPS) is 24.3. The van der Waals surface area contributed by atoms with Crippen molar-refractivity contribution in [1.82, 2.24) is 10.3 Å². The van der Waals surface area contributed by atoms with Crippen molar-refractivity contribution in [2.24, 2.45) is 0 Å². The van der Waals surface area contributed by atoms with Crippen LogP contribution in [-0.2, 0) is 4.74 Å². The van der Waals surface area contributed by atoms with E-state index >= 15 is 0 Å². The third-order valence-electron chi connectivity index (χ3n) is 3.19. The number of pyridine rings is 1. The summed E-state index contributed by atoms with van der Waals surface area (Å²) in [6, 6.07) is 5.56. The van der Waals surface area contributed by atoms with E-state index in [4.69, 9.17) is 4.74 Å². The molecule has 0 unspecified atom stereocenters. The van der Waals surface area contributed by atoms with Gasteiger partial charge in [0.15, 0.2) is 0 Å². The number of carbonyl (C=O) groups is 1. The highest BCUT2D eigenvalue weighted by molar-refractivity contribution is 5.92. The predicted octanol–water partition coefficient (Wildman–Crippen LogP) is 1.77. The maximum absolute atomic E-state index is 11.9. The molecule has 2 rings (SSSR count). The van der Waals surface area contributed by atoms with Gasteiger partial charge >= 0.3 is 0 Å². The number of ether oxygens (including phenoxy) is 1. The Hall–Kier alpha value is -1.42. The van der Waals surface area contributed by atoms with Crippen molar-refractivity contribution in [1.29, 1.82) is 0 Å². The Balaban J connectivity index is 1.90. The molecule has 0 radical (unpaired) electrons. The largest absolute Gasteiger partial charge is 0.381 e. The van der Waals surface area contributed by atoms with Crippen molar-refractivity contribution in [3.05, 3.63) is 30.1 Å². The zero-order valence-electron chi connectivity index (χ0n) is 10.1. The first-order valence-electron chi connectivity index (χ1n) is 6.04. The summed E-state index contributed by atoms with van der Waals surface area (Å²) in [5.41, 5.74) is 0.479. The fraction of sp³-hybridized carbons (Fsp3) is 0.538. The number of nitrogens with zero attached hydrogens (tertiary/aromatic N) is 1. The van der Waals surface area contributed by atoms with E-state index in [0.717, 1.165) is 25.7 Å². The van der Waals surface area contributed by atoms with E-state index < -0.39 is 0 Å². The second-order valence-electron chi connectivity index (χ2n) is 4.41. The molecular weight excluding hydrogens is 216 g/mol. The fourth-order valence-corrected chi connectivity index (χ4v) is 2.25. The highest BCUT2D eigenvalue weighted by Crippen LogP contribution is 2.20. The van der Waals surface area contributed by atoms with Crippen molar-refractivity contribution in [2.45, 2.75) is 37.8 Å². The lowest BCUT2D eigenvalue weighted by Crippen LogP contribution is -2.40. The molecule has 1 N–H and O–H groups in total. The zero-order chi connectivity index (χ0) is 12.1. The highest BCUT2D eigenvalue weighted by Gasteiger charge is 2.23. The van der Waals surface area contributed by atoms with Crippen molar-refractivity contribution in [3.8, 4) is 0 Å². The summed E-state index contributed by atoms with van der Waals surface area (Å²) in [6.07, 6.45) is 6.03. The first-order valence-corrected chi connectivity index (χ1v) is 6.04. The Morgan fingerprint density at radius 2 is 2.35 bits per heavy atom. The smallest absolute Gasteiger partial charge is 0.270 e. The minimum absolute atomic E-state index is 0.0904. The predicted molar refractivity (Wildman–Crippen MR) is 64.8 cm³/mol. The number of amides is 1. The molecule has 17 heavy (non-hydrogen) atoms. The minimum atomic E-state index is -0.0904. The molecule has 92 valence electrons.